The van der Waals surface area contributed by atoms with Gasteiger partial charge in [0.2, 0.25) is 0 Å². The molecule has 100 valence electrons. The Balaban J connectivity index is 1.82. The Kier molecular flexibility index (Phi) is 4.80. The summed E-state index contributed by atoms with van der Waals surface area (Å²) in [6, 6.07) is 10.3. The van der Waals surface area contributed by atoms with Gasteiger partial charge in [-0.05, 0) is 38.5 Å². The second-order valence-corrected chi connectivity index (χ2v) is 5.59. The summed E-state index contributed by atoms with van der Waals surface area (Å²) in [4.78, 5) is 8.84. The van der Waals surface area contributed by atoms with Crippen molar-refractivity contribution in [2.75, 3.05) is 17.6 Å². The summed E-state index contributed by atoms with van der Waals surface area (Å²) < 4.78 is 0. The Morgan fingerprint density at radius 2 is 1.74 bits per heavy atom. The minimum absolute atomic E-state index is 0.865. The van der Waals surface area contributed by atoms with Crippen molar-refractivity contribution in [2.45, 2.75) is 25.9 Å². The van der Waals surface area contributed by atoms with Crippen LogP contribution in [0.25, 0.3) is 0 Å². The third-order valence-corrected chi connectivity index (χ3v) is 3.60. The first-order chi connectivity index (χ1) is 9.15. The Hall–Kier alpha value is -1.55. The number of benzene rings is 1. The highest BCUT2D eigenvalue weighted by atomic mass is 32.2. The number of anilines is 1. The van der Waals surface area contributed by atoms with Crippen LogP contribution in [0.2, 0.25) is 0 Å². The number of rotatable bonds is 5. The molecule has 2 rings (SSSR count). The Morgan fingerprint density at radius 1 is 1.05 bits per heavy atom. The smallest absolute Gasteiger partial charge is 0.188 e. The van der Waals surface area contributed by atoms with E-state index in [-0.39, 0.29) is 0 Å². The largest absolute Gasteiger partial charge is 0.384 e. The number of aromatic nitrogens is 2. The van der Waals surface area contributed by atoms with Gasteiger partial charge in [-0.15, -0.1) is 0 Å². The third kappa shape index (κ3) is 4.24. The Bertz CT molecular complexity index is 535. The molecular formula is C15H19N3S. The molecule has 1 heterocycles. The number of aryl methyl sites for hydroxylation is 3. The fourth-order valence-corrected chi connectivity index (χ4v) is 2.66. The van der Waals surface area contributed by atoms with Crippen LogP contribution >= 0.6 is 11.8 Å². The second-order valence-electron chi connectivity index (χ2n) is 4.52. The summed E-state index contributed by atoms with van der Waals surface area (Å²) in [6.45, 7) is 7.03. The predicted molar refractivity (Wildman–Crippen MR) is 81.9 cm³/mol. The van der Waals surface area contributed by atoms with Gasteiger partial charge in [-0.25, -0.2) is 9.97 Å². The van der Waals surface area contributed by atoms with E-state index in [1.807, 2.05) is 19.9 Å². The highest BCUT2D eigenvalue weighted by molar-refractivity contribution is 7.99. The molecule has 2 aromatic rings. The molecule has 1 N–H and O–H groups in total. The lowest BCUT2D eigenvalue weighted by atomic mass is 10.2. The maximum Gasteiger partial charge on any atom is 0.188 e. The molecule has 1 aromatic heterocycles. The van der Waals surface area contributed by atoms with Crippen LogP contribution in [-0.2, 0) is 0 Å². The molecule has 0 spiro atoms. The number of thioether (sulfide) groups is 1. The second kappa shape index (κ2) is 6.57. The number of hydrogen-bond acceptors (Lipinski definition) is 4. The average molecular weight is 273 g/mol. The molecule has 0 aliphatic carbocycles. The van der Waals surface area contributed by atoms with Crippen LogP contribution in [0.15, 0.2) is 35.5 Å². The quantitative estimate of drug-likeness (QED) is 0.513. The van der Waals surface area contributed by atoms with Gasteiger partial charge in [-0.1, -0.05) is 30.0 Å². The van der Waals surface area contributed by atoms with Crippen molar-refractivity contribution in [1.82, 2.24) is 9.97 Å². The molecule has 1 aromatic carbocycles. The monoisotopic (exact) mass is 273 g/mol. The molecule has 0 saturated heterocycles. The molecule has 3 nitrogen and oxygen atoms in total. The lowest BCUT2D eigenvalue weighted by Crippen LogP contribution is -2.06. The van der Waals surface area contributed by atoms with Crippen LogP contribution in [0.3, 0.4) is 0 Å². The molecule has 0 radical (unpaired) electrons. The van der Waals surface area contributed by atoms with Gasteiger partial charge in [-0.3, -0.25) is 0 Å². The molecule has 0 amide bonds. The molecule has 4 heteroatoms. The van der Waals surface area contributed by atoms with Crippen LogP contribution in [0.4, 0.5) is 5.69 Å². The van der Waals surface area contributed by atoms with Gasteiger partial charge in [-0.2, -0.15) is 0 Å². The van der Waals surface area contributed by atoms with Gasteiger partial charge < -0.3 is 5.32 Å². The number of hydrogen-bond donors (Lipinski definition) is 1. The van der Waals surface area contributed by atoms with E-state index in [0.717, 1.165) is 28.8 Å². The van der Waals surface area contributed by atoms with Crippen molar-refractivity contribution in [1.29, 1.82) is 0 Å². The zero-order chi connectivity index (χ0) is 13.7. The van der Waals surface area contributed by atoms with E-state index in [0.29, 0.717) is 0 Å². The van der Waals surface area contributed by atoms with Crippen molar-refractivity contribution in [3.8, 4) is 0 Å². The van der Waals surface area contributed by atoms with Crippen LogP contribution in [0.5, 0.6) is 0 Å². The molecule has 0 atom stereocenters. The highest BCUT2D eigenvalue weighted by Gasteiger charge is 2.01. The molecule has 0 aliphatic heterocycles. The van der Waals surface area contributed by atoms with E-state index in [1.54, 1.807) is 11.8 Å². The van der Waals surface area contributed by atoms with E-state index in [9.17, 15) is 0 Å². The number of para-hydroxylation sites is 1. The number of nitrogens with zero attached hydrogens (tertiary/aromatic N) is 2. The number of nitrogens with one attached hydrogen (secondary N) is 1. The topological polar surface area (TPSA) is 37.8 Å². The van der Waals surface area contributed by atoms with E-state index in [2.05, 4.69) is 46.5 Å². The van der Waals surface area contributed by atoms with Gasteiger partial charge in [0.25, 0.3) is 0 Å². The van der Waals surface area contributed by atoms with Crippen LogP contribution < -0.4 is 5.32 Å². The Labute approximate surface area is 118 Å². The van der Waals surface area contributed by atoms with E-state index in [1.165, 1.54) is 11.3 Å². The van der Waals surface area contributed by atoms with Crippen LogP contribution in [0.1, 0.15) is 17.0 Å². The fraction of sp³-hybridized carbons (Fsp3) is 0.333. The summed E-state index contributed by atoms with van der Waals surface area (Å²) in [7, 11) is 0. The van der Waals surface area contributed by atoms with Crippen molar-refractivity contribution in [2.24, 2.45) is 0 Å². The van der Waals surface area contributed by atoms with E-state index < -0.39 is 0 Å². The van der Waals surface area contributed by atoms with Gasteiger partial charge in [0, 0.05) is 29.4 Å². The molecule has 0 bridgehead atoms. The predicted octanol–water partition coefficient (Wildman–Crippen LogP) is 3.61. The summed E-state index contributed by atoms with van der Waals surface area (Å²) in [5.74, 6) is 0.956. The zero-order valence-corrected chi connectivity index (χ0v) is 12.4. The van der Waals surface area contributed by atoms with Crippen molar-refractivity contribution >= 4 is 17.4 Å². The zero-order valence-electron chi connectivity index (χ0n) is 11.6. The summed E-state index contributed by atoms with van der Waals surface area (Å²) >= 11 is 1.69. The molecule has 19 heavy (non-hydrogen) atoms. The van der Waals surface area contributed by atoms with Crippen molar-refractivity contribution in [3.63, 3.8) is 0 Å². The lowest BCUT2D eigenvalue weighted by molar-refractivity contribution is 0.902. The fourth-order valence-electron chi connectivity index (χ4n) is 1.86. The van der Waals surface area contributed by atoms with Crippen molar-refractivity contribution < 1.29 is 0 Å². The molecule has 0 unspecified atom stereocenters. The first-order valence-electron chi connectivity index (χ1n) is 6.40. The summed E-state index contributed by atoms with van der Waals surface area (Å²) in [5.41, 5.74) is 4.53. The third-order valence-electron chi connectivity index (χ3n) is 2.76. The lowest BCUT2D eigenvalue weighted by Gasteiger charge is -2.08. The van der Waals surface area contributed by atoms with Gasteiger partial charge in [0.05, 0.1) is 0 Å². The average Bonchev–Trinajstić information content (AvgIpc) is 2.35. The maximum absolute atomic E-state index is 4.42. The minimum Gasteiger partial charge on any atom is -0.384 e. The first kappa shape index (κ1) is 13.9. The van der Waals surface area contributed by atoms with E-state index in [4.69, 9.17) is 0 Å². The van der Waals surface area contributed by atoms with Crippen LogP contribution in [0, 0.1) is 20.8 Å². The minimum atomic E-state index is 0.865. The van der Waals surface area contributed by atoms with Gasteiger partial charge in [0.15, 0.2) is 5.16 Å². The molecule has 0 saturated carbocycles. The highest BCUT2D eigenvalue weighted by Crippen LogP contribution is 2.16. The molecular weight excluding hydrogens is 254 g/mol. The van der Waals surface area contributed by atoms with Gasteiger partial charge in [0.1, 0.15) is 0 Å². The Morgan fingerprint density at radius 3 is 2.42 bits per heavy atom. The molecule has 0 aliphatic rings. The molecule has 0 fully saturated rings. The SMILES string of the molecule is Cc1cc(C)nc(SCCNc2ccccc2C)n1. The van der Waals surface area contributed by atoms with E-state index >= 15 is 0 Å². The van der Waals surface area contributed by atoms with Gasteiger partial charge >= 0.3 is 0 Å². The normalized spacial score (nSPS) is 10.5. The summed E-state index contributed by atoms with van der Waals surface area (Å²) in [6.07, 6.45) is 0. The van der Waals surface area contributed by atoms with Crippen LogP contribution in [-0.4, -0.2) is 22.3 Å². The van der Waals surface area contributed by atoms with Crippen molar-refractivity contribution in [3.05, 3.63) is 47.3 Å². The summed E-state index contributed by atoms with van der Waals surface area (Å²) in [5, 5.41) is 4.30. The first-order valence-corrected chi connectivity index (χ1v) is 7.38. The standard InChI is InChI=1S/C15H19N3S/c1-11-6-4-5-7-14(11)16-8-9-19-15-17-12(2)10-13(3)18-15/h4-7,10,16H,8-9H2,1-3H3. The maximum atomic E-state index is 4.42.